The van der Waals surface area contributed by atoms with Gasteiger partial charge in [0.05, 0.1) is 5.75 Å². The van der Waals surface area contributed by atoms with Crippen molar-refractivity contribution < 1.29 is 13.2 Å². The molecule has 1 N–H and O–H groups in total. The predicted molar refractivity (Wildman–Crippen MR) is 120 cm³/mol. The van der Waals surface area contributed by atoms with Crippen LogP contribution in [0.1, 0.15) is 23.9 Å². The maximum Gasteiger partial charge on any atom is 0.268 e. The molecule has 0 saturated carbocycles. The van der Waals surface area contributed by atoms with Crippen molar-refractivity contribution in [2.24, 2.45) is 0 Å². The van der Waals surface area contributed by atoms with Gasteiger partial charge in [0.2, 0.25) is 15.0 Å². The van der Waals surface area contributed by atoms with Gasteiger partial charge in [0.25, 0.3) is 11.1 Å². The number of hydrogen-bond acceptors (Lipinski definition) is 7. The van der Waals surface area contributed by atoms with E-state index in [1.54, 1.807) is 12.1 Å². The minimum absolute atomic E-state index is 0.00446. The highest BCUT2D eigenvalue weighted by Gasteiger charge is 2.20. The Balaban J connectivity index is 1.88. The van der Waals surface area contributed by atoms with Crippen molar-refractivity contribution in [2.75, 3.05) is 11.1 Å². The Morgan fingerprint density at radius 2 is 2.00 bits per heavy atom. The Bertz CT molecular complexity index is 1320. The maximum absolute atomic E-state index is 12.6. The van der Waals surface area contributed by atoms with Gasteiger partial charge in [0.15, 0.2) is 0 Å². The smallest absolute Gasteiger partial charge is 0.268 e. The van der Waals surface area contributed by atoms with Gasteiger partial charge in [0.1, 0.15) is 11.6 Å². The Kier molecular flexibility index (Phi) is 6.59. The highest BCUT2D eigenvalue weighted by molar-refractivity contribution is 7.91. The number of amides is 1. The molecule has 2 heterocycles. The van der Waals surface area contributed by atoms with E-state index in [9.17, 15) is 18.5 Å². The monoisotopic (exact) mass is 475 g/mol. The third-order valence-electron chi connectivity index (χ3n) is 4.51. The summed E-state index contributed by atoms with van der Waals surface area (Å²) in [7, 11) is -3.58. The minimum Gasteiger partial charge on any atom is -0.318 e. The zero-order valence-corrected chi connectivity index (χ0v) is 19.3. The number of sulfone groups is 1. The van der Waals surface area contributed by atoms with Crippen molar-refractivity contribution in [1.29, 1.82) is 5.26 Å². The molecule has 0 bridgehead atoms. The van der Waals surface area contributed by atoms with E-state index in [0.29, 0.717) is 10.6 Å². The maximum atomic E-state index is 12.6. The lowest BCUT2D eigenvalue weighted by atomic mass is 10.1. The molecule has 11 heteroatoms. The van der Waals surface area contributed by atoms with Gasteiger partial charge in [-0.25, -0.2) is 8.42 Å². The van der Waals surface area contributed by atoms with Crippen LogP contribution < -0.4 is 5.32 Å². The molecule has 0 fully saturated rings. The number of nitrogens with one attached hydrogen (secondary N) is 1. The third-order valence-corrected chi connectivity index (χ3v) is 7.00. The van der Waals surface area contributed by atoms with Gasteiger partial charge in [-0.2, -0.15) is 14.6 Å². The molecule has 0 aliphatic rings. The molecule has 0 aliphatic carbocycles. The molecule has 2 aromatic heterocycles. The number of nitriles is 1. The number of rotatable bonds is 6. The molecule has 0 aliphatic heterocycles. The van der Waals surface area contributed by atoms with E-state index in [1.807, 2.05) is 42.7 Å². The van der Waals surface area contributed by atoms with Gasteiger partial charge >= 0.3 is 0 Å². The molecule has 0 radical (unpaired) electrons. The van der Waals surface area contributed by atoms with Crippen molar-refractivity contribution in [3.8, 4) is 11.8 Å². The third kappa shape index (κ3) is 4.85. The molecular formula is C20H18ClN5O3S2. The normalized spacial score (nSPS) is 11.9. The Morgan fingerprint density at radius 3 is 2.61 bits per heavy atom. The summed E-state index contributed by atoms with van der Waals surface area (Å²) in [6.07, 6.45) is 1.48. The van der Waals surface area contributed by atoms with Gasteiger partial charge in [-0.3, -0.25) is 10.1 Å². The lowest BCUT2D eigenvalue weighted by Gasteiger charge is -2.09. The van der Waals surface area contributed by atoms with Gasteiger partial charge in [-0.15, -0.1) is 0 Å². The Hall–Kier alpha value is -3.00. The summed E-state index contributed by atoms with van der Waals surface area (Å²) >= 11 is 6.70. The zero-order chi connectivity index (χ0) is 22.8. The van der Waals surface area contributed by atoms with Crippen molar-refractivity contribution >= 4 is 50.1 Å². The van der Waals surface area contributed by atoms with Crippen LogP contribution in [0.5, 0.6) is 0 Å². The lowest BCUT2D eigenvalue weighted by molar-refractivity contribution is -0.112. The summed E-state index contributed by atoms with van der Waals surface area (Å²) in [5.41, 5.74) is 3.22. The second-order valence-corrected chi connectivity index (χ2v) is 9.91. The fourth-order valence-electron chi connectivity index (χ4n) is 2.91. The number of carbonyl (C=O) groups is 1. The molecule has 0 unspecified atom stereocenters. The molecule has 0 atom stereocenters. The van der Waals surface area contributed by atoms with Crippen LogP contribution in [0.3, 0.4) is 0 Å². The average molecular weight is 476 g/mol. The van der Waals surface area contributed by atoms with Gasteiger partial charge in [-0.05, 0) is 55.8 Å². The van der Waals surface area contributed by atoms with Crippen LogP contribution >= 0.6 is 23.1 Å². The molecule has 8 nitrogen and oxygen atoms in total. The second kappa shape index (κ2) is 9.01. The molecule has 31 heavy (non-hydrogen) atoms. The van der Waals surface area contributed by atoms with Crippen LogP contribution in [0, 0.1) is 25.2 Å². The summed E-state index contributed by atoms with van der Waals surface area (Å²) in [5.74, 6) is -0.848. The number of hydrogen-bond donors (Lipinski definition) is 1. The topological polar surface area (TPSA) is 118 Å². The van der Waals surface area contributed by atoms with E-state index in [1.165, 1.54) is 13.0 Å². The summed E-state index contributed by atoms with van der Waals surface area (Å²) in [5, 5.41) is 12.2. The number of aromatic nitrogens is 3. The summed E-state index contributed by atoms with van der Waals surface area (Å²) in [6, 6.07) is 11.1. The highest BCUT2D eigenvalue weighted by Crippen LogP contribution is 2.24. The van der Waals surface area contributed by atoms with Crippen LogP contribution in [0.15, 0.2) is 41.1 Å². The number of benzene rings is 1. The number of carbonyl (C=O) groups excluding carboxylic acids is 1. The first-order valence-electron chi connectivity index (χ1n) is 9.10. The average Bonchev–Trinajstić information content (AvgIpc) is 3.31. The van der Waals surface area contributed by atoms with Gasteiger partial charge < -0.3 is 4.57 Å². The molecule has 0 saturated heterocycles. The van der Waals surface area contributed by atoms with Crippen LogP contribution in [-0.2, 0) is 14.6 Å². The fourth-order valence-corrected chi connectivity index (χ4v) is 4.62. The van der Waals surface area contributed by atoms with Crippen molar-refractivity contribution in [2.45, 2.75) is 25.9 Å². The number of anilines is 1. The van der Waals surface area contributed by atoms with Gasteiger partial charge in [0, 0.05) is 33.6 Å². The van der Waals surface area contributed by atoms with Crippen molar-refractivity contribution in [1.82, 2.24) is 13.9 Å². The largest absolute Gasteiger partial charge is 0.318 e. The van der Waals surface area contributed by atoms with Crippen LogP contribution in [0.2, 0.25) is 5.02 Å². The van der Waals surface area contributed by atoms with E-state index in [0.717, 1.165) is 28.6 Å². The second-order valence-electron chi connectivity index (χ2n) is 6.55. The number of nitrogens with zero attached hydrogens (tertiary/aromatic N) is 4. The summed E-state index contributed by atoms with van der Waals surface area (Å²) in [4.78, 5) is 16.4. The highest BCUT2D eigenvalue weighted by atomic mass is 35.5. The molecule has 3 rings (SSSR count). The van der Waals surface area contributed by atoms with E-state index in [-0.39, 0.29) is 21.6 Å². The first-order valence-corrected chi connectivity index (χ1v) is 11.9. The van der Waals surface area contributed by atoms with Crippen LogP contribution in [-0.4, -0.2) is 34.0 Å². The van der Waals surface area contributed by atoms with Crippen LogP contribution in [0.25, 0.3) is 11.8 Å². The van der Waals surface area contributed by atoms with E-state index < -0.39 is 15.7 Å². The summed E-state index contributed by atoms with van der Waals surface area (Å²) in [6.45, 7) is 5.28. The van der Waals surface area contributed by atoms with E-state index in [2.05, 4.69) is 14.7 Å². The fraction of sp³-hybridized carbons (Fsp3) is 0.200. The number of aryl methyl sites for hydroxylation is 1. The molecular weight excluding hydrogens is 458 g/mol. The Morgan fingerprint density at radius 1 is 1.32 bits per heavy atom. The quantitative estimate of drug-likeness (QED) is 0.426. The summed E-state index contributed by atoms with van der Waals surface area (Å²) < 4.78 is 29.4. The van der Waals surface area contributed by atoms with Crippen molar-refractivity contribution in [3.05, 3.63) is 57.9 Å². The van der Waals surface area contributed by atoms with Gasteiger partial charge in [-0.1, -0.05) is 18.5 Å². The SMILES string of the molecule is CCS(=O)(=O)c1nsc(NC(=O)/C(C#N)=C\c2cc(C)n(-c3ccc(Cl)cc3)c2C)n1. The van der Waals surface area contributed by atoms with Crippen molar-refractivity contribution in [3.63, 3.8) is 0 Å². The van der Waals surface area contributed by atoms with Crippen LogP contribution in [0.4, 0.5) is 5.13 Å². The first kappa shape index (κ1) is 22.7. The molecule has 1 amide bonds. The van der Waals surface area contributed by atoms with E-state index >= 15 is 0 Å². The molecule has 3 aromatic rings. The first-order chi connectivity index (χ1) is 14.7. The molecule has 1 aromatic carbocycles. The standard InChI is InChI=1S/C20H18ClN5O3S2/c1-4-31(28,29)20-24-19(30-25-20)23-18(27)15(11-22)10-14-9-12(2)26(13(14)3)17-7-5-16(21)6-8-17/h5-10H,4H2,1-3H3,(H,23,24,25,27)/b15-10-. The Labute approximate surface area is 188 Å². The zero-order valence-electron chi connectivity index (χ0n) is 16.9. The lowest BCUT2D eigenvalue weighted by Crippen LogP contribution is -2.14. The molecule has 0 spiro atoms. The molecule has 160 valence electrons. The number of halogens is 1. The van der Waals surface area contributed by atoms with E-state index in [4.69, 9.17) is 11.6 Å². The predicted octanol–water partition coefficient (Wildman–Crippen LogP) is 3.94. The minimum atomic E-state index is -3.58.